The summed E-state index contributed by atoms with van der Waals surface area (Å²) >= 11 is 0. The first kappa shape index (κ1) is 16.1. The first-order chi connectivity index (χ1) is 10.3. The van der Waals surface area contributed by atoms with E-state index in [0.717, 1.165) is 52.0 Å². The number of nitrogens with zero attached hydrogens (tertiary/aromatic N) is 1. The van der Waals surface area contributed by atoms with Crippen LogP contribution in [0.3, 0.4) is 0 Å². The zero-order chi connectivity index (χ0) is 15.1. The van der Waals surface area contributed by atoms with Gasteiger partial charge >= 0.3 is 0 Å². The molecule has 0 bridgehead atoms. The molecule has 1 aromatic rings. The van der Waals surface area contributed by atoms with E-state index < -0.39 is 0 Å². The number of hydrogen-bond donors (Lipinski definition) is 1. The Kier molecular flexibility index (Phi) is 6.29. The predicted octanol–water partition coefficient (Wildman–Crippen LogP) is 2.63. The summed E-state index contributed by atoms with van der Waals surface area (Å²) in [5, 5.41) is 3.38. The Balaban J connectivity index is 2.18. The molecule has 0 aromatic heterocycles. The van der Waals surface area contributed by atoms with E-state index in [-0.39, 0.29) is 0 Å². The third-order valence-electron chi connectivity index (χ3n) is 4.26. The van der Waals surface area contributed by atoms with Gasteiger partial charge in [-0.3, -0.25) is 4.90 Å². The third kappa shape index (κ3) is 4.33. The van der Waals surface area contributed by atoms with Crippen LogP contribution in [0.15, 0.2) is 12.1 Å². The molecule has 2 rings (SSSR count). The molecular weight excluding hydrogens is 256 g/mol. The van der Waals surface area contributed by atoms with E-state index in [2.05, 4.69) is 55.0 Å². The molecule has 0 aliphatic carbocycles. The van der Waals surface area contributed by atoms with Crippen LogP contribution in [0, 0.1) is 11.8 Å². The monoisotopic (exact) mass is 284 g/mol. The molecule has 0 amide bonds. The second-order valence-electron chi connectivity index (χ2n) is 5.68. The summed E-state index contributed by atoms with van der Waals surface area (Å²) in [5.41, 5.74) is 5.56. The molecule has 2 nitrogen and oxygen atoms in total. The van der Waals surface area contributed by atoms with Crippen molar-refractivity contribution in [2.75, 3.05) is 32.7 Å². The van der Waals surface area contributed by atoms with Crippen LogP contribution in [-0.2, 0) is 19.3 Å². The number of hydrogen-bond acceptors (Lipinski definition) is 2. The van der Waals surface area contributed by atoms with Crippen molar-refractivity contribution in [3.8, 4) is 11.8 Å². The van der Waals surface area contributed by atoms with Crippen molar-refractivity contribution in [1.82, 2.24) is 10.2 Å². The minimum atomic E-state index is 0.892. The molecule has 1 fully saturated rings. The largest absolute Gasteiger partial charge is 0.314 e. The van der Waals surface area contributed by atoms with Crippen LogP contribution in [0.25, 0.3) is 0 Å². The number of rotatable bonds is 4. The van der Waals surface area contributed by atoms with Gasteiger partial charge in [0.2, 0.25) is 0 Å². The Morgan fingerprint density at radius 3 is 2.14 bits per heavy atom. The van der Waals surface area contributed by atoms with Crippen molar-refractivity contribution in [1.29, 1.82) is 0 Å². The van der Waals surface area contributed by atoms with Gasteiger partial charge in [0.25, 0.3) is 0 Å². The molecular formula is C19H28N2. The second-order valence-corrected chi connectivity index (χ2v) is 5.68. The molecule has 114 valence electrons. The fourth-order valence-electron chi connectivity index (χ4n) is 2.87. The Morgan fingerprint density at radius 2 is 1.62 bits per heavy atom. The van der Waals surface area contributed by atoms with E-state index in [1.807, 2.05) is 0 Å². The lowest BCUT2D eigenvalue weighted by molar-refractivity contribution is 0.268. The van der Waals surface area contributed by atoms with Gasteiger partial charge in [0.1, 0.15) is 0 Å². The van der Waals surface area contributed by atoms with E-state index in [1.165, 1.54) is 22.3 Å². The van der Waals surface area contributed by atoms with Gasteiger partial charge in [0, 0.05) is 31.7 Å². The topological polar surface area (TPSA) is 15.3 Å². The Bertz CT molecular complexity index is 491. The van der Waals surface area contributed by atoms with Crippen LogP contribution in [-0.4, -0.2) is 37.6 Å². The molecule has 0 atom stereocenters. The lowest BCUT2D eigenvalue weighted by Crippen LogP contribution is -2.43. The number of nitrogens with one attached hydrogen (secondary N) is 1. The lowest BCUT2D eigenvalue weighted by Gasteiger charge is -2.24. The van der Waals surface area contributed by atoms with Gasteiger partial charge < -0.3 is 5.32 Å². The highest BCUT2D eigenvalue weighted by Gasteiger charge is 2.08. The maximum Gasteiger partial charge on any atom is 0.0606 e. The first-order valence-electron chi connectivity index (χ1n) is 8.35. The van der Waals surface area contributed by atoms with Crippen LogP contribution >= 0.6 is 0 Å². The molecule has 0 unspecified atom stereocenters. The molecule has 1 aliphatic heterocycles. The van der Waals surface area contributed by atoms with Crippen molar-refractivity contribution in [2.45, 2.75) is 40.0 Å². The minimum absolute atomic E-state index is 0.892. The molecule has 2 heteroatoms. The number of aryl methyl sites for hydroxylation is 3. The average molecular weight is 284 g/mol. The quantitative estimate of drug-likeness (QED) is 0.855. The van der Waals surface area contributed by atoms with Crippen molar-refractivity contribution < 1.29 is 0 Å². The van der Waals surface area contributed by atoms with E-state index in [1.54, 1.807) is 0 Å². The Hall–Kier alpha value is -1.30. The maximum absolute atomic E-state index is 3.47. The van der Waals surface area contributed by atoms with Crippen molar-refractivity contribution in [3.63, 3.8) is 0 Å². The first-order valence-corrected chi connectivity index (χ1v) is 8.35. The smallest absolute Gasteiger partial charge is 0.0606 e. The molecule has 21 heavy (non-hydrogen) atoms. The van der Waals surface area contributed by atoms with Crippen LogP contribution in [0.4, 0.5) is 0 Å². The van der Waals surface area contributed by atoms with Crippen LogP contribution < -0.4 is 5.32 Å². The fourth-order valence-corrected chi connectivity index (χ4v) is 2.87. The zero-order valence-electron chi connectivity index (χ0n) is 13.8. The summed E-state index contributed by atoms with van der Waals surface area (Å²) in [5.74, 6) is 6.88. The van der Waals surface area contributed by atoms with E-state index in [0.29, 0.717) is 0 Å². The summed E-state index contributed by atoms with van der Waals surface area (Å²) in [7, 11) is 0. The van der Waals surface area contributed by atoms with Crippen molar-refractivity contribution >= 4 is 0 Å². The minimum Gasteiger partial charge on any atom is -0.314 e. The van der Waals surface area contributed by atoms with Gasteiger partial charge in [-0.05, 0) is 36.0 Å². The average Bonchev–Trinajstić information content (AvgIpc) is 2.55. The molecule has 0 saturated carbocycles. The summed E-state index contributed by atoms with van der Waals surface area (Å²) in [6.45, 7) is 12.0. The highest BCUT2D eigenvalue weighted by Crippen LogP contribution is 2.19. The van der Waals surface area contributed by atoms with Gasteiger partial charge in [0.05, 0.1) is 6.54 Å². The van der Waals surface area contributed by atoms with Gasteiger partial charge in [0.15, 0.2) is 0 Å². The van der Waals surface area contributed by atoms with Crippen molar-refractivity contribution in [2.24, 2.45) is 0 Å². The molecule has 0 radical (unpaired) electrons. The van der Waals surface area contributed by atoms with Crippen LogP contribution in [0.5, 0.6) is 0 Å². The summed E-state index contributed by atoms with van der Waals surface area (Å²) in [6, 6.07) is 4.68. The lowest BCUT2D eigenvalue weighted by atomic mass is 9.94. The highest BCUT2D eigenvalue weighted by molar-refractivity contribution is 5.50. The molecule has 0 spiro atoms. The van der Waals surface area contributed by atoms with Crippen molar-refractivity contribution in [3.05, 3.63) is 34.4 Å². The van der Waals surface area contributed by atoms with Gasteiger partial charge in [-0.2, -0.15) is 0 Å². The third-order valence-corrected chi connectivity index (χ3v) is 4.26. The summed E-state index contributed by atoms with van der Waals surface area (Å²) < 4.78 is 0. The van der Waals surface area contributed by atoms with Crippen LogP contribution in [0.2, 0.25) is 0 Å². The highest BCUT2D eigenvalue weighted by atomic mass is 15.2. The molecule has 1 heterocycles. The van der Waals surface area contributed by atoms with Gasteiger partial charge in [-0.1, -0.05) is 44.7 Å². The van der Waals surface area contributed by atoms with Crippen LogP contribution in [0.1, 0.15) is 43.0 Å². The van der Waals surface area contributed by atoms with E-state index in [4.69, 9.17) is 0 Å². The Labute approximate surface area is 129 Å². The summed E-state index contributed by atoms with van der Waals surface area (Å²) in [6.07, 6.45) is 3.24. The second kappa shape index (κ2) is 8.22. The van der Waals surface area contributed by atoms with E-state index >= 15 is 0 Å². The van der Waals surface area contributed by atoms with E-state index in [9.17, 15) is 0 Å². The predicted molar refractivity (Wildman–Crippen MR) is 90.8 cm³/mol. The summed E-state index contributed by atoms with van der Waals surface area (Å²) in [4.78, 5) is 2.43. The normalized spacial score (nSPS) is 15.6. The molecule has 1 aliphatic rings. The fraction of sp³-hybridized carbons (Fsp3) is 0.579. The number of piperazine rings is 1. The molecule has 1 aromatic carbocycles. The van der Waals surface area contributed by atoms with Gasteiger partial charge in [-0.15, -0.1) is 0 Å². The SMILES string of the molecule is CCc1cc(CC)c(C#CCN2CCNCC2)c(CC)c1. The number of benzene rings is 1. The molecule has 1 saturated heterocycles. The standard InChI is InChI=1S/C19H28N2/c1-4-16-14-17(5-2)19(18(6-3)15-16)8-7-11-21-12-9-20-10-13-21/h14-15,20H,4-6,9-13H2,1-3H3. The maximum atomic E-state index is 3.47. The van der Waals surface area contributed by atoms with Gasteiger partial charge in [-0.25, -0.2) is 0 Å². The zero-order valence-corrected chi connectivity index (χ0v) is 13.8. The molecule has 1 N–H and O–H groups in total. The Morgan fingerprint density at radius 1 is 1.00 bits per heavy atom.